The largest absolute Gasteiger partial charge is 0.508 e. The predicted molar refractivity (Wildman–Crippen MR) is 176 cm³/mol. The second-order valence-corrected chi connectivity index (χ2v) is 10.6. The number of phenolic OH excluding ortho intramolecular Hbond substituents is 4. The number of phenols is 4. The van der Waals surface area contributed by atoms with E-state index in [1.54, 1.807) is 12.1 Å². The molecule has 0 amide bonds. The first-order chi connectivity index (χ1) is 23.5. The zero-order chi connectivity index (χ0) is 35.2. The van der Waals surface area contributed by atoms with Crippen molar-refractivity contribution in [3.63, 3.8) is 0 Å². The first-order valence-electron chi connectivity index (χ1n) is 14.6. The van der Waals surface area contributed by atoms with Gasteiger partial charge in [0.1, 0.15) is 46.7 Å². The number of benzene rings is 4. The van der Waals surface area contributed by atoms with Gasteiger partial charge in [0.2, 0.25) is 5.75 Å². The number of aliphatic hydroxyl groups excluding tert-OH is 1. The van der Waals surface area contributed by atoms with E-state index in [4.69, 9.17) is 28.1 Å². The van der Waals surface area contributed by atoms with E-state index < -0.39 is 36.0 Å². The van der Waals surface area contributed by atoms with Crippen molar-refractivity contribution in [3.05, 3.63) is 100 Å². The van der Waals surface area contributed by atoms with E-state index in [1.807, 2.05) is 0 Å². The molecule has 4 aromatic carbocycles. The fourth-order valence-corrected chi connectivity index (χ4v) is 4.93. The summed E-state index contributed by atoms with van der Waals surface area (Å²) in [6.45, 7) is -0.469. The Morgan fingerprint density at radius 2 is 1.47 bits per heavy atom. The van der Waals surface area contributed by atoms with E-state index in [9.17, 15) is 35.1 Å². The van der Waals surface area contributed by atoms with Gasteiger partial charge in [0.15, 0.2) is 34.5 Å². The van der Waals surface area contributed by atoms with Crippen molar-refractivity contribution in [1.82, 2.24) is 0 Å². The molecule has 0 spiro atoms. The van der Waals surface area contributed by atoms with Crippen molar-refractivity contribution in [1.29, 1.82) is 0 Å². The Balaban J connectivity index is 1.50. The smallest absolute Gasteiger partial charge is 0.330 e. The van der Waals surface area contributed by atoms with Gasteiger partial charge >= 0.3 is 5.97 Å². The standard InChI is InChI=1S/C36H32O13/c1-44-28-12-20(7-10-24(28)39)35(43)32(18-47-33(42)11-6-19-4-8-22(37)9-5-19)49-36-30(45-2)13-21(14-31(36)46-3)27-17-26(41)34-25(40)15-23(38)16-29(34)48-27/h4-17,32,35,37-40,43H,18H2,1-3H3. The minimum Gasteiger partial charge on any atom is -0.508 e. The van der Waals surface area contributed by atoms with Crippen LogP contribution in [-0.2, 0) is 9.53 Å². The van der Waals surface area contributed by atoms with E-state index in [1.165, 1.54) is 82.0 Å². The highest BCUT2D eigenvalue weighted by Gasteiger charge is 2.29. The Labute approximate surface area is 279 Å². The number of hydrogen-bond donors (Lipinski definition) is 5. The van der Waals surface area contributed by atoms with Gasteiger partial charge in [-0.2, -0.15) is 0 Å². The van der Waals surface area contributed by atoms with E-state index in [0.29, 0.717) is 11.1 Å². The molecular formula is C36H32O13. The molecule has 13 heteroatoms. The van der Waals surface area contributed by atoms with Gasteiger partial charge in [-0.05, 0) is 53.6 Å². The molecule has 5 N–H and O–H groups in total. The second kappa shape index (κ2) is 14.6. The minimum absolute atomic E-state index is 0.00217. The summed E-state index contributed by atoms with van der Waals surface area (Å²) in [6.07, 6.45) is -0.0705. The van der Waals surface area contributed by atoms with Gasteiger partial charge in [0, 0.05) is 29.8 Å². The Hall–Kier alpha value is -6.34. The Bertz CT molecular complexity index is 2040. The van der Waals surface area contributed by atoms with E-state index in [0.717, 1.165) is 12.1 Å². The minimum atomic E-state index is -1.45. The summed E-state index contributed by atoms with van der Waals surface area (Å²) in [5.74, 6) is -1.31. The Morgan fingerprint density at radius 1 is 0.796 bits per heavy atom. The third-order valence-electron chi connectivity index (χ3n) is 7.40. The molecule has 0 saturated carbocycles. The normalized spacial score (nSPS) is 12.4. The maximum Gasteiger partial charge on any atom is 0.330 e. The van der Waals surface area contributed by atoms with Crippen molar-refractivity contribution >= 4 is 23.0 Å². The number of hydrogen-bond acceptors (Lipinski definition) is 13. The molecule has 254 valence electrons. The van der Waals surface area contributed by atoms with Crippen LogP contribution in [0.25, 0.3) is 28.4 Å². The highest BCUT2D eigenvalue weighted by Crippen LogP contribution is 2.44. The van der Waals surface area contributed by atoms with Crippen LogP contribution in [0.1, 0.15) is 17.2 Å². The number of fused-ring (bicyclic) bond motifs is 1. The molecular weight excluding hydrogens is 640 g/mol. The lowest BCUT2D eigenvalue weighted by atomic mass is 10.0. The number of esters is 1. The number of methoxy groups -OCH3 is 3. The van der Waals surface area contributed by atoms with Crippen LogP contribution in [0, 0.1) is 0 Å². The average molecular weight is 673 g/mol. The molecule has 0 fully saturated rings. The summed E-state index contributed by atoms with van der Waals surface area (Å²) in [5, 5.41) is 51.0. The average Bonchev–Trinajstić information content (AvgIpc) is 3.08. The molecule has 49 heavy (non-hydrogen) atoms. The monoisotopic (exact) mass is 672 g/mol. The van der Waals surface area contributed by atoms with Crippen LogP contribution in [0.15, 0.2) is 88.1 Å². The summed E-state index contributed by atoms with van der Waals surface area (Å²) < 4.78 is 33.9. The third-order valence-corrected chi connectivity index (χ3v) is 7.40. The van der Waals surface area contributed by atoms with Crippen molar-refractivity contribution in [2.75, 3.05) is 27.9 Å². The van der Waals surface area contributed by atoms with E-state index in [2.05, 4.69) is 0 Å². The van der Waals surface area contributed by atoms with E-state index in [-0.39, 0.29) is 62.5 Å². The van der Waals surface area contributed by atoms with Gasteiger partial charge in [0.25, 0.3) is 0 Å². The Morgan fingerprint density at radius 3 is 2.12 bits per heavy atom. The highest BCUT2D eigenvalue weighted by molar-refractivity contribution is 5.87. The van der Waals surface area contributed by atoms with Crippen LogP contribution in [-0.4, -0.2) is 65.5 Å². The van der Waals surface area contributed by atoms with Crippen LogP contribution in [0.5, 0.6) is 46.0 Å². The van der Waals surface area contributed by atoms with Crippen molar-refractivity contribution in [2.24, 2.45) is 0 Å². The second-order valence-electron chi connectivity index (χ2n) is 10.6. The van der Waals surface area contributed by atoms with Crippen LogP contribution >= 0.6 is 0 Å². The predicted octanol–water partition coefficient (Wildman–Crippen LogP) is 5.05. The van der Waals surface area contributed by atoms with Gasteiger partial charge in [0.05, 0.1) is 21.3 Å². The molecule has 5 aromatic rings. The zero-order valence-corrected chi connectivity index (χ0v) is 26.4. The van der Waals surface area contributed by atoms with Gasteiger partial charge in [-0.15, -0.1) is 0 Å². The van der Waals surface area contributed by atoms with Crippen LogP contribution < -0.4 is 24.4 Å². The molecule has 1 aromatic heterocycles. The summed E-state index contributed by atoms with van der Waals surface area (Å²) in [4.78, 5) is 25.6. The Kier molecular flexibility index (Phi) is 10.1. The van der Waals surface area contributed by atoms with Crippen LogP contribution in [0.3, 0.4) is 0 Å². The lowest BCUT2D eigenvalue weighted by molar-refractivity contribution is -0.142. The molecule has 0 aliphatic rings. The van der Waals surface area contributed by atoms with Crippen LogP contribution in [0.2, 0.25) is 0 Å². The molecule has 0 radical (unpaired) electrons. The van der Waals surface area contributed by atoms with Gasteiger partial charge in [-0.25, -0.2) is 4.79 Å². The summed E-state index contributed by atoms with van der Waals surface area (Å²) >= 11 is 0. The molecule has 13 nitrogen and oxygen atoms in total. The molecule has 1 heterocycles. The molecule has 0 aliphatic heterocycles. The highest BCUT2D eigenvalue weighted by atomic mass is 16.6. The van der Waals surface area contributed by atoms with Crippen LogP contribution in [0.4, 0.5) is 0 Å². The SMILES string of the molecule is COc1cc(C(O)C(COC(=O)C=Cc2ccc(O)cc2)Oc2c(OC)cc(-c3cc(=O)c4c(O)cc(O)cc4o3)cc2OC)ccc1O. The fraction of sp³-hybridized carbons (Fsp3) is 0.167. The first-order valence-corrected chi connectivity index (χ1v) is 14.6. The van der Waals surface area contributed by atoms with Crippen molar-refractivity contribution in [2.45, 2.75) is 12.2 Å². The molecule has 0 aliphatic carbocycles. The zero-order valence-electron chi connectivity index (χ0n) is 26.4. The molecule has 0 bridgehead atoms. The molecule has 2 unspecified atom stereocenters. The number of aromatic hydroxyl groups is 4. The number of carbonyl (C=O) groups is 1. The van der Waals surface area contributed by atoms with Gasteiger partial charge in [-0.3, -0.25) is 4.79 Å². The first kappa shape index (κ1) is 34.0. The topological polar surface area (TPSA) is 195 Å². The third kappa shape index (κ3) is 7.63. The summed E-state index contributed by atoms with van der Waals surface area (Å²) in [7, 11) is 4.05. The number of ether oxygens (including phenoxy) is 5. The lowest BCUT2D eigenvalue weighted by Crippen LogP contribution is -2.31. The maximum atomic E-state index is 12.9. The number of carbonyl (C=O) groups excluding carboxylic acids is 1. The van der Waals surface area contributed by atoms with Gasteiger partial charge < -0.3 is 53.6 Å². The maximum absolute atomic E-state index is 12.9. The van der Waals surface area contributed by atoms with Gasteiger partial charge in [-0.1, -0.05) is 18.2 Å². The van der Waals surface area contributed by atoms with Crippen molar-refractivity contribution in [3.8, 4) is 57.3 Å². The fourth-order valence-electron chi connectivity index (χ4n) is 4.93. The quantitative estimate of drug-likeness (QED) is 0.0874. The molecule has 2 atom stereocenters. The number of rotatable bonds is 12. The van der Waals surface area contributed by atoms with Crippen molar-refractivity contribution < 1.29 is 58.4 Å². The summed E-state index contributed by atoms with van der Waals surface area (Å²) in [5.41, 5.74) is 0.556. The molecule has 0 saturated heterocycles. The summed E-state index contributed by atoms with van der Waals surface area (Å²) in [6, 6.07) is 16.6. The number of aliphatic hydroxyl groups is 1. The van der Waals surface area contributed by atoms with E-state index >= 15 is 0 Å². The lowest BCUT2D eigenvalue weighted by Gasteiger charge is -2.26. The molecule has 5 rings (SSSR count).